The predicted molar refractivity (Wildman–Crippen MR) is 108 cm³/mol. The minimum absolute atomic E-state index is 0.0281. The molecule has 0 aromatic carbocycles. The summed E-state index contributed by atoms with van der Waals surface area (Å²) in [4.78, 5) is 19.8. The van der Waals surface area contributed by atoms with Crippen LogP contribution in [-0.2, 0) is 5.54 Å². The van der Waals surface area contributed by atoms with Gasteiger partial charge in [-0.25, -0.2) is 0 Å². The molecule has 1 aromatic rings. The van der Waals surface area contributed by atoms with Gasteiger partial charge in [0.1, 0.15) is 0 Å². The van der Waals surface area contributed by atoms with Crippen LogP contribution in [0.5, 0.6) is 0 Å². The number of aliphatic hydroxyl groups excluding tert-OH is 1. The Kier molecular flexibility index (Phi) is 6.28. The summed E-state index contributed by atoms with van der Waals surface area (Å²) in [6.07, 6.45) is 5.13. The fourth-order valence-corrected chi connectivity index (χ4v) is 4.26. The highest BCUT2D eigenvalue weighted by molar-refractivity contribution is 5.94. The summed E-state index contributed by atoms with van der Waals surface area (Å²) in [7, 11) is 2.18. The number of aliphatic hydroxyl groups is 1. The van der Waals surface area contributed by atoms with Crippen molar-refractivity contribution in [2.45, 2.75) is 32.7 Å². The third-order valence-electron chi connectivity index (χ3n) is 6.12. The minimum Gasteiger partial charge on any atom is -0.396 e. The lowest BCUT2D eigenvalue weighted by atomic mass is 9.96. The average Bonchev–Trinajstić information content (AvgIpc) is 3.21. The zero-order valence-electron chi connectivity index (χ0n) is 17.4. The van der Waals surface area contributed by atoms with E-state index in [-0.39, 0.29) is 24.0 Å². The first-order valence-electron chi connectivity index (χ1n) is 10.3. The molecule has 2 saturated heterocycles. The van der Waals surface area contributed by atoms with E-state index >= 15 is 0 Å². The van der Waals surface area contributed by atoms with Gasteiger partial charge >= 0.3 is 0 Å². The summed E-state index contributed by atoms with van der Waals surface area (Å²) in [5, 5.41) is 9.88. The second-order valence-electron chi connectivity index (χ2n) is 9.35. The molecule has 2 atom stereocenters. The van der Waals surface area contributed by atoms with Crippen LogP contribution >= 0.6 is 0 Å². The van der Waals surface area contributed by atoms with Crippen LogP contribution in [0.3, 0.4) is 0 Å². The third-order valence-corrected chi connectivity index (χ3v) is 6.12. The summed E-state index contributed by atoms with van der Waals surface area (Å²) < 4.78 is 2.09. The molecule has 1 amide bonds. The van der Waals surface area contributed by atoms with Crippen LogP contribution in [0.15, 0.2) is 18.5 Å². The predicted octanol–water partition coefficient (Wildman–Crippen LogP) is 1.56. The van der Waals surface area contributed by atoms with Gasteiger partial charge in [0.25, 0.3) is 5.91 Å². The van der Waals surface area contributed by atoms with Crippen molar-refractivity contribution in [3.8, 4) is 0 Å². The molecule has 2 aliphatic rings. The Labute approximate surface area is 163 Å². The Morgan fingerprint density at radius 1 is 1.15 bits per heavy atom. The summed E-state index contributed by atoms with van der Waals surface area (Å²) >= 11 is 0. The topological polar surface area (TPSA) is 52.0 Å². The second kappa shape index (κ2) is 8.33. The minimum atomic E-state index is -0.0281. The molecule has 1 N–H and O–H groups in total. The second-order valence-corrected chi connectivity index (χ2v) is 9.35. The molecule has 0 saturated carbocycles. The Morgan fingerprint density at radius 3 is 2.56 bits per heavy atom. The molecule has 2 fully saturated rings. The van der Waals surface area contributed by atoms with Crippen LogP contribution in [0.1, 0.15) is 37.6 Å². The van der Waals surface area contributed by atoms with E-state index in [0.29, 0.717) is 12.5 Å². The number of nitrogens with zero attached hydrogens (tertiary/aromatic N) is 4. The molecule has 0 aliphatic carbocycles. The molecule has 2 aliphatic heterocycles. The van der Waals surface area contributed by atoms with Crippen molar-refractivity contribution in [2.24, 2.45) is 11.8 Å². The lowest BCUT2D eigenvalue weighted by Crippen LogP contribution is -2.36. The van der Waals surface area contributed by atoms with E-state index in [1.807, 2.05) is 23.4 Å². The number of amides is 1. The summed E-state index contributed by atoms with van der Waals surface area (Å²) in [6, 6.07) is 1.92. The summed E-state index contributed by atoms with van der Waals surface area (Å²) in [5.41, 5.74) is 0.721. The Balaban J connectivity index is 1.63. The molecule has 27 heavy (non-hydrogen) atoms. The number of likely N-dealkylation sites (N-methyl/N-ethyl adjacent to an activating group) is 1. The van der Waals surface area contributed by atoms with Gasteiger partial charge < -0.3 is 24.4 Å². The van der Waals surface area contributed by atoms with Crippen molar-refractivity contribution in [3.63, 3.8) is 0 Å². The molecule has 0 unspecified atom stereocenters. The van der Waals surface area contributed by atoms with E-state index in [1.165, 1.54) is 6.42 Å². The van der Waals surface area contributed by atoms with E-state index in [4.69, 9.17) is 0 Å². The van der Waals surface area contributed by atoms with Crippen molar-refractivity contribution >= 4 is 5.91 Å². The number of hydrogen-bond donors (Lipinski definition) is 1. The Hall–Kier alpha value is -1.37. The standard InChI is InChI=1S/C21H36N4O2/c1-21(2,3)25-9-6-17(15-25)20(27)24-13-18(19(14-24)16-26)12-23-8-5-7-22(4)10-11-23/h6,9,15,18-19,26H,5,7-8,10-14,16H2,1-4H3/t18-,19-/m1/s1. The van der Waals surface area contributed by atoms with Crippen molar-refractivity contribution in [1.82, 2.24) is 19.3 Å². The highest BCUT2D eigenvalue weighted by Crippen LogP contribution is 2.26. The van der Waals surface area contributed by atoms with Gasteiger partial charge in [0, 0.05) is 63.2 Å². The molecular formula is C21H36N4O2. The number of aromatic nitrogens is 1. The molecule has 0 spiro atoms. The van der Waals surface area contributed by atoms with E-state index in [9.17, 15) is 9.90 Å². The van der Waals surface area contributed by atoms with Crippen LogP contribution in [0, 0.1) is 11.8 Å². The molecular weight excluding hydrogens is 340 g/mol. The number of carbonyl (C=O) groups is 1. The maximum absolute atomic E-state index is 13.0. The number of hydrogen-bond acceptors (Lipinski definition) is 4. The van der Waals surface area contributed by atoms with Crippen molar-refractivity contribution in [1.29, 1.82) is 0 Å². The first-order valence-corrected chi connectivity index (χ1v) is 10.3. The molecule has 152 valence electrons. The van der Waals surface area contributed by atoms with E-state index in [0.717, 1.165) is 44.8 Å². The fraction of sp³-hybridized carbons (Fsp3) is 0.762. The summed E-state index contributed by atoms with van der Waals surface area (Å²) in [6.45, 7) is 13.4. The third kappa shape index (κ3) is 4.92. The molecule has 6 nitrogen and oxygen atoms in total. The van der Waals surface area contributed by atoms with Crippen molar-refractivity contribution in [2.75, 3.05) is 59.5 Å². The molecule has 0 radical (unpaired) electrons. The SMILES string of the molecule is CN1CCCN(C[C@@H]2CN(C(=O)c3ccn(C(C)(C)C)c3)C[C@@H]2CO)CC1. The zero-order chi connectivity index (χ0) is 19.6. The quantitative estimate of drug-likeness (QED) is 0.867. The zero-order valence-corrected chi connectivity index (χ0v) is 17.4. The Bertz CT molecular complexity index is 636. The molecule has 0 bridgehead atoms. The number of carbonyl (C=O) groups excluding carboxylic acids is 1. The van der Waals surface area contributed by atoms with Crippen molar-refractivity contribution in [3.05, 3.63) is 24.0 Å². The highest BCUT2D eigenvalue weighted by atomic mass is 16.3. The normalized spacial score (nSPS) is 25.7. The number of rotatable bonds is 4. The summed E-state index contributed by atoms with van der Waals surface area (Å²) in [5.74, 6) is 0.626. The average molecular weight is 377 g/mol. The molecule has 3 rings (SSSR count). The van der Waals surface area contributed by atoms with Crippen LogP contribution in [0.25, 0.3) is 0 Å². The maximum Gasteiger partial charge on any atom is 0.255 e. The van der Waals surface area contributed by atoms with Gasteiger partial charge in [0.2, 0.25) is 0 Å². The van der Waals surface area contributed by atoms with Gasteiger partial charge in [-0.3, -0.25) is 4.79 Å². The lowest BCUT2D eigenvalue weighted by molar-refractivity contribution is 0.0779. The largest absolute Gasteiger partial charge is 0.396 e. The molecule has 6 heteroatoms. The van der Waals surface area contributed by atoms with Gasteiger partial charge in [0.05, 0.1) is 5.56 Å². The van der Waals surface area contributed by atoms with E-state index in [1.54, 1.807) is 0 Å². The molecule has 3 heterocycles. The van der Waals surface area contributed by atoms with Gasteiger partial charge in [-0.2, -0.15) is 0 Å². The van der Waals surface area contributed by atoms with Crippen LogP contribution in [0.4, 0.5) is 0 Å². The van der Waals surface area contributed by atoms with Crippen LogP contribution in [0.2, 0.25) is 0 Å². The molecule has 1 aromatic heterocycles. The first kappa shape index (κ1) is 20.4. The maximum atomic E-state index is 13.0. The smallest absolute Gasteiger partial charge is 0.255 e. The van der Waals surface area contributed by atoms with Gasteiger partial charge in [-0.05, 0) is 59.3 Å². The van der Waals surface area contributed by atoms with Gasteiger partial charge in [-0.1, -0.05) is 0 Å². The fourth-order valence-electron chi connectivity index (χ4n) is 4.26. The van der Waals surface area contributed by atoms with Gasteiger partial charge in [0.15, 0.2) is 0 Å². The van der Waals surface area contributed by atoms with E-state index in [2.05, 4.69) is 42.2 Å². The number of likely N-dealkylation sites (tertiary alicyclic amines) is 1. The Morgan fingerprint density at radius 2 is 1.89 bits per heavy atom. The van der Waals surface area contributed by atoms with E-state index < -0.39 is 0 Å². The van der Waals surface area contributed by atoms with Crippen LogP contribution in [-0.4, -0.2) is 89.7 Å². The van der Waals surface area contributed by atoms with Gasteiger partial charge in [-0.15, -0.1) is 0 Å². The highest BCUT2D eigenvalue weighted by Gasteiger charge is 2.36. The first-order chi connectivity index (χ1) is 12.8. The lowest BCUT2D eigenvalue weighted by Gasteiger charge is -2.26. The van der Waals surface area contributed by atoms with Crippen molar-refractivity contribution < 1.29 is 9.90 Å². The monoisotopic (exact) mass is 376 g/mol. The van der Waals surface area contributed by atoms with Crippen LogP contribution < -0.4 is 0 Å².